The summed E-state index contributed by atoms with van der Waals surface area (Å²) in [6.07, 6.45) is 1.01. The van der Waals surface area contributed by atoms with E-state index >= 15 is 0 Å². The summed E-state index contributed by atoms with van der Waals surface area (Å²) in [6, 6.07) is 23.3. The number of methoxy groups -OCH3 is 1. The van der Waals surface area contributed by atoms with Gasteiger partial charge in [0.2, 0.25) is 10.0 Å². The monoisotopic (exact) mass is 545 g/mol. The van der Waals surface area contributed by atoms with Gasteiger partial charge < -0.3 is 14.5 Å². The maximum Gasteiger partial charge on any atom is 0.271 e. The summed E-state index contributed by atoms with van der Waals surface area (Å²) in [4.78, 5) is 23.6. The molecule has 1 amide bonds. The number of ether oxygens (including phenoxy) is 1. The Kier molecular flexibility index (Phi) is 6.67. The second-order valence-electron chi connectivity index (χ2n) is 8.84. The van der Waals surface area contributed by atoms with Crippen molar-refractivity contribution in [1.82, 2.24) is 0 Å². The number of nitro benzene ring substituents is 1. The molecule has 5 aromatic rings. The quantitative estimate of drug-likeness (QED) is 0.195. The van der Waals surface area contributed by atoms with Crippen molar-refractivity contribution in [3.63, 3.8) is 0 Å². The molecular formula is C28H23N3O7S. The third-order valence-electron chi connectivity index (χ3n) is 6.22. The van der Waals surface area contributed by atoms with Crippen LogP contribution < -0.4 is 14.4 Å². The lowest BCUT2D eigenvalue weighted by Crippen LogP contribution is -2.29. The number of anilines is 2. The molecule has 0 radical (unpaired) electrons. The molecule has 1 N–H and O–H groups in total. The van der Waals surface area contributed by atoms with Gasteiger partial charge >= 0.3 is 0 Å². The molecule has 1 aromatic heterocycles. The minimum Gasteiger partial charge on any atom is -0.495 e. The normalized spacial score (nSPS) is 11.4. The van der Waals surface area contributed by atoms with Crippen LogP contribution in [0.5, 0.6) is 5.75 Å². The van der Waals surface area contributed by atoms with E-state index in [-0.39, 0.29) is 29.6 Å². The van der Waals surface area contributed by atoms with Gasteiger partial charge in [0.15, 0.2) is 0 Å². The van der Waals surface area contributed by atoms with Gasteiger partial charge in [0, 0.05) is 40.2 Å². The number of hydrogen-bond donors (Lipinski definition) is 1. The zero-order valence-corrected chi connectivity index (χ0v) is 21.8. The Labute approximate surface area is 223 Å². The van der Waals surface area contributed by atoms with Crippen molar-refractivity contribution in [2.45, 2.75) is 6.54 Å². The predicted molar refractivity (Wildman–Crippen MR) is 149 cm³/mol. The molecule has 0 bridgehead atoms. The summed E-state index contributed by atoms with van der Waals surface area (Å²) in [5.74, 6) is -0.180. The number of carbonyl (C=O) groups is 1. The Hall–Kier alpha value is -4.90. The van der Waals surface area contributed by atoms with Crippen LogP contribution in [-0.4, -0.2) is 32.6 Å². The van der Waals surface area contributed by atoms with E-state index in [0.29, 0.717) is 22.4 Å². The number of rotatable bonds is 8. The Bertz CT molecular complexity index is 1830. The number of amides is 1. The van der Waals surface area contributed by atoms with Crippen molar-refractivity contribution in [2.24, 2.45) is 0 Å². The van der Waals surface area contributed by atoms with Gasteiger partial charge in [-0.25, -0.2) is 8.42 Å². The molecule has 11 heteroatoms. The molecule has 0 fully saturated rings. The molecule has 0 atom stereocenters. The molecule has 1 heterocycles. The highest BCUT2D eigenvalue weighted by atomic mass is 32.2. The van der Waals surface area contributed by atoms with Crippen LogP contribution >= 0.6 is 0 Å². The van der Waals surface area contributed by atoms with Crippen molar-refractivity contribution >= 4 is 54.9 Å². The van der Waals surface area contributed by atoms with Gasteiger partial charge in [-0.2, -0.15) is 0 Å². The number of carbonyl (C=O) groups excluding carboxylic acids is 1. The highest BCUT2D eigenvalue weighted by Gasteiger charge is 2.24. The molecule has 198 valence electrons. The second-order valence-corrected chi connectivity index (χ2v) is 10.7. The number of para-hydroxylation sites is 1. The van der Waals surface area contributed by atoms with Crippen molar-refractivity contribution in [3.8, 4) is 5.75 Å². The zero-order chi connectivity index (χ0) is 27.7. The molecule has 0 unspecified atom stereocenters. The van der Waals surface area contributed by atoms with Gasteiger partial charge in [-0.15, -0.1) is 0 Å². The summed E-state index contributed by atoms with van der Waals surface area (Å²) in [7, 11) is -2.49. The van der Waals surface area contributed by atoms with Gasteiger partial charge in [0.1, 0.15) is 22.6 Å². The van der Waals surface area contributed by atoms with Crippen LogP contribution in [0, 0.1) is 10.1 Å². The second kappa shape index (κ2) is 10.1. The van der Waals surface area contributed by atoms with Gasteiger partial charge in [-0.05, 0) is 42.0 Å². The fraction of sp³-hybridized carbons (Fsp3) is 0.107. The van der Waals surface area contributed by atoms with E-state index in [1.54, 1.807) is 36.4 Å². The van der Waals surface area contributed by atoms with E-state index in [9.17, 15) is 23.3 Å². The average molecular weight is 546 g/mol. The van der Waals surface area contributed by atoms with Gasteiger partial charge in [0.25, 0.3) is 11.6 Å². The predicted octanol–water partition coefficient (Wildman–Crippen LogP) is 5.72. The molecular weight excluding hydrogens is 522 g/mol. The number of nitrogens with one attached hydrogen (secondary N) is 1. The molecule has 0 saturated carbocycles. The lowest BCUT2D eigenvalue weighted by molar-refractivity contribution is -0.384. The highest BCUT2D eigenvalue weighted by Crippen LogP contribution is 2.35. The average Bonchev–Trinajstić information content (AvgIpc) is 3.28. The van der Waals surface area contributed by atoms with E-state index in [4.69, 9.17) is 9.15 Å². The largest absolute Gasteiger partial charge is 0.495 e. The topological polar surface area (TPSA) is 132 Å². The summed E-state index contributed by atoms with van der Waals surface area (Å²) in [6.45, 7) is -0.124. The first-order valence-corrected chi connectivity index (χ1v) is 13.6. The third kappa shape index (κ3) is 5.25. The van der Waals surface area contributed by atoms with Crippen LogP contribution in [0.15, 0.2) is 89.3 Å². The SMILES string of the molecule is COc1ccc([N+](=O)[O-])cc1N(Cc1ccc(C(=O)Nc2ccc3c(c2)oc2ccccc23)cc1)S(C)(=O)=O. The lowest BCUT2D eigenvalue weighted by Gasteiger charge is -2.24. The summed E-state index contributed by atoms with van der Waals surface area (Å²) in [5, 5.41) is 16.1. The fourth-order valence-electron chi connectivity index (χ4n) is 4.30. The molecule has 4 aromatic carbocycles. The van der Waals surface area contributed by atoms with Crippen LogP contribution in [0.4, 0.5) is 17.1 Å². The van der Waals surface area contributed by atoms with Crippen LogP contribution in [0.2, 0.25) is 0 Å². The van der Waals surface area contributed by atoms with E-state index in [1.165, 1.54) is 19.2 Å². The Morgan fingerprint density at radius 1 is 0.974 bits per heavy atom. The van der Waals surface area contributed by atoms with E-state index in [0.717, 1.165) is 33.0 Å². The molecule has 0 spiro atoms. The van der Waals surface area contributed by atoms with Crippen molar-refractivity contribution in [2.75, 3.05) is 23.0 Å². The number of nitrogens with zero attached hydrogens (tertiary/aromatic N) is 2. The fourth-order valence-corrected chi connectivity index (χ4v) is 5.19. The van der Waals surface area contributed by atoms with E-state index in [2.05, 4.69) is 5.32 Å². The van der Waals surface area contributed by atoms with Gasteiger partial charge in [-0.1, -0.05) is 30.3 Å². The molecule has 0 aliphatic heterocycles. The van der Waals surface area contributed by atoms with Gasteiger partial charge in [0.05, 0.1) is 24.8 Å². The minimum atomic E-state index is -3.84. The van der Waals surface area contributed by atoms with Crippen LogP contribution in [-0.2, 0) is 16.6 Å². The molecule has 0 aliphatic rings. The smallest absolute Gasteiger partial charge is 0.271 e. The van der Waals surface area contributed by atoms with E-state index in [1.807, 2.05) is 30.3 Å². The lowest BCUT2D eigenvalue weighted by atomic mass is 10.1. The Balaban J connectivity index is 1.36. The third-order valence-corrected chi connectivity index (χ3v) is 7.35. The van der Waals surface area contributed by atoms with Crippen LogP contribution in [0.1, 0.15) is 15.9 Å². The minimum absolute atomic E-state index is 0.0389. The maximum atomic E-state index is 12.9. The molecule has 5 rings (SSSR count). The maximum absolute atomic E-state index is 12.9. The van der Waals surface area contributed by atoms with Crippen molar-refractivity contribution in [1.29, 1.82) is 0 Å². The summed E-state index contributed by atoms with van der Waals surface area (Å²) in [5.41, 5.74) is 2.68. The Morgan fingerprint density at radius 2 is 1.69 bits per heavy atom. The first-order valence-electron chi connectivity index (χ1n) is 11.8. The molecule has 0 aliphatic carbocycles. The molecule has 10 nitrogen and oxygen atoms in total. The number of non-ortho nitro benzene ring substituents is 1. The molecule has 0 saturated heterocycles. The summed E-state index contributed by atoms with van der Waals surface area (Å²) < 4.78 is 37.4. The van der Waals surface area contributed by atoms with Gasteiger partial charge in [-0.3, -0.25) is 19.2 Å². The number of furan rings is 1. The standard InChI is InChI=1S/C28H23N3O7S/c1-37-26-14-12-21(31(33)34)16-24(26)30(39(2,35)36)17-18-7-9-19(10-8-18)28(32)29-20-11-13-23-22-5-3-4-6-25(22)38-27(23)15-20/h3-16H,17H2,1-2H3,(H,29,32). The van der Waals surface area contributed by atoms with Crippen molar-refractivity contribution < 1.29 is 27.3 Å². The van der Waals surface area contributed by atoms with E-state index < -0.39 is 14.9 Å². The first kappa shape index (κ1) is 25.7. The number of fused-ring (bicyclic) bond motifs is 3. The number of sulfonamides is 1. The number of benzene rings is 4. The van der Waals surface area contributed by atoms with Crippen molar-refractivity contribution in [3.05, 3.63) is 106 Å². The number of hydrogen-bond acceptors (Lipinski definition) is 7. The first-order chi connectivity index (χ1) is 18.6. The highest BCUT2D eigenvalue weighted by molar-refractivity contribution is 7.92. The molecule has 39 heavy (non-hydrogen) atoms. The zero-order valence-electron chi connectivity index (χ0n) is 21.0. The number of nitro groups is 1. The van der Waals surface area contributed by atoms with Crippen LogP contribution in [0.25, 0.3) is 21.9 Å². The Morgan fingerprint density at radius 3 is 2.38 bits per heavy atom. The summed E-state index contributed by atoms with van der Waals surface area (Å²) >= 11 is 0. The van der Waals surface area contributed by atoms with Crippen LogP contribution in [0.3, 0.4) is 0 Å².